The van der Waals surface area contributed by atoms with Gasteiger partial charge in [-0.25, -0.2) is 8.78 Å². The summed E-state index contributed by atoms with van der Waals surface area (Å²) < 4.78 is 45.1. The summed E-state index contributed by atoms with van der Waals surface area (Å²) in [5.74, 6) is -2.27. The summed E-state index contributed by atoms with van der Waals surface area (Å²) in [7, 11) is -2.41. The maximum Gasteiger partial charge on any atom is 0.251 e. The van der Waals surface area contributed by atoms with Gasteiger partial charge < -0.3 is 4.90 Å². The Hall–Kier alpha value is -0.850. The molecule has 0 aromatic heterocycles. The Bertz CT molecular complexity index is 500. The Morgan fingerprint density at radius 3 is 2.55 bits per heavy atom. The van der Waals surface area contributed by atoms with Crippen LogP contribution in [0.3, 0.4) is 0 Å². The molecule has 1 aromatic carbocycles. The van der Waals surface area contributed by atoms with Gasteiger partial charge in [-0.1, -0.05) is 6.07 Å². The minimum Gasteiger partial charge on any atom is -0.368 e. The van der Waals surface area contributed by atoms with Crippen molar-refractivity contribution in [2.45, 2.75) is 18.8 Å². The van der Waals surface area contributed by atoms with E-state index in [0.717, 1.165) is 11.3 Å². The molecule has 1 unspecified atom stereocenters. The van der Waals surface area contributed by atoms with Crippen molar-refractivity contribution in [3.05, 3.63) is 29.8 Å². The second kappa shape index (κ2) is 4.86. The van der Waals surface area contributed by atoms with Crippen LogP contribution in [0.15, 0.2) is 18.2 Å². The van der Waals surface area contributed by atoms with Gasteiger partial charge in [0.1, 0.15) is 0 Å². The third-order valence-corrected chi connectivity index (χ3v) is 5.69. The second-order valence-corrected chi connectivity index (χ2v) is 8.08. The van der Waals surface area contributed by atoms with Gasteiger partial charge in [-0.2, -0.15) is 10.6 Å². The average Bonchev–Trinajstić information content (AvgIpc) is 2.96. The number of hydrogen-bond donors (Lipinski definition) is 2. The largest absolute Gasteiger partial charge is 0.368 e. The topological polar surface area (TPSA) is 43.7 Å². The fraction of sp³-hybridized carbons (Fsp3) is 0.571. The number of hydrogen-bond acceptors (Lipinski definition) is 3. The van der Waals surface area contributed by atoms with Gasteiger partial charge in [-0.15, -0.1) is 0 Å². The first-order valence-corrected chi connectivity index (χ1v) is 8.61. The summed E-state index contributed by atoms with van der Waals surface area (Å²) in [4.78, 5) is 2.06. The molecule has 1 aromatic rings. The van der Waals surface area contributed by atoms with Crippen LogP contribution in [0.4, 0.5) is 14.5 Å². The van der Waals surface area contributed by atoms with E-state index in [0.29, 0.717) is 31.0 Å². The Balaban J connectivity index is 1.66. The van der Waals surface area contributed by atoms with Gasteiger partial charge in [0.05, 0.1) is 11.5 Å². The van der Waals surface area contributed by atoms with Crippen LogP contribution in [0, 0.1) is 12.0 Å². The maximum absolute atomic E-state index is 12.9. The van der Waals surface area contributed by atoms with Crippen LogP contribution in [0.2, 0.25) is 0 Å². The molecule has 1 radical (unpaired) electrons. The highest BCUT2D eigenvalue weighted by molar-refractivity contribution is 8.24. The van der Waals surface area contributed by atoms with E-state index < -0.39 is 22.4 Å². The van der Waals surface area contributed by atoms with Gasteiger partial charge in [-0.3, -0.25) is 9.11 Å². The quantitative estimate of drug-likeness (QED) is 0.901. The molecule has 20 heavy (non-hydrogen) atoms. The van der Waals surface area contributed by atoms with Gasteiger partial charge in [0.2, 0.25) is 0 Å². The zero-order chi connectivity index (χ0) is 14.4. The lowest BCUT2D eigenvalue weighted by Gasteiger charge is -2.42. The molecule has 2 N–H and O–H groups in total. The molecular formula is C14H18F2NO2S. The molecule has 1 heterocycles. The van der Waals surface area contributed by atoms with E-state index in [9.17, 15) is 17.9 Å². The first kappa shape index (κ1) is 14.1. The SMILES string of the molecule is OS1(O)CCN(c2c[c]cc(CC3CC3(F)F)c2)CC1. The third-order valence-electron chi connectivity index (χ3n) is 4.01. The highest BCUT2D eigenvalue weighted by Gasteiger charge is 2.56. The normalized spacial score (nSPS) is 29.0. The molecule has 2 fully saturated rings. The molecule has 3 nitrogen and oxygen atoms in total. The van der Waals surface area contributed by atoms with E-state index in [-0.39, 0.29) is 6.42 Å². The van der Waals surface area contributed by atoms with E-state index in [4.69, 9.17) is 0 Å². The van der Waals surface area contributed by atoms with Crippen molar-refractivity contribution in [1.82, 2.24) is 0 Å². The van der Waals surface area contributed by atoms with Gasteiger partial charge in [0.15, 0.2) is 0 Å². The molecule has 2 aliphatic rings. The molecule has 3 rings (SSSR count). The first-order valence-electron chi connectivity index (χ1n) is 6.72. The Kier molecular flexibility index (Phi) is 3.43. The standard InChI is InChI=1S/C14H18F2NO2S/c15-14(16)10-12(14)8-11-2-1-3-13(9-11)17-4-6-20(18,19)7-5-17/h2-3,9,12,18-19H,4-8,10H2. The summed E-state index contributed by atoms with van der Waals surface area (Å²) in [6, 6.07) is 8.51. The van der Waals surface area contributed by atoms with E-state index in [1.54, 1.807) is 6.07 Å². The summed E-state index contributed by atoms with van der Waals surface area (Å²) in [6.07, 6.45) is 0.377. The highest BCUT2D eigenvalue weighted by atomic mass is 32.3. The van der Waals surface area contributed by atoms with Gasteiger partial charge in [0.25, 0.3) is 5.92 Å². The van der Waals surface area contributed by atoms with Crippen LogP contribution in [0.5, 0.6) is 0 Å². The monoisotopic (exact) mass is 302 g/mol. The lowest BCUT2D eigenvalue weighted by Crippen LogP contribution is -2.38. The molecule has 0 amide bonds. The molecule has 0 bridgehead atoms. The predicted molar refractivity (Wildman–Crippen MR) is 76.8 cm³/mol. The fourth-order valence-corrected chi connectivity index (χ4v) is 3.80. The molecule has 0 spiro atoms. The van der Waals surface area contributed by atoms with Gasteiger partial charge in [-0.05, 0) is 30.2 Å². The molecule has 1 atom stereocenters. The Morgan fingerprint density at radius 1 is 1.30 bits per heavy atom. The smallest absolute Gasteiger partial charge is 0.251 e. The molecule has 6 heteroatoms. The lowest BCUT2D eigenvalue weighted by molar-refractivity contribution is 0.0989. The number of nitrogens with zero attached hydrogens (tertiary/aromatic N) is 1. The maximum atomic E-state index is 12.9. The van der Waals surface area contributed by atoms with Crippen LogP contribution in [0.25, 0.3) is 0 Å². The lowest BCUT2D eigenvalue weighted by atomic mass is 10.1. The van der Waals surface area contributed by atoms with Crippen molar-refractivity contribution < 1.29 is 17.9 Å². The van der Waals surface area contributed by atoms with Crippen molar-refractivity contribution in [3.8, 4) is 0 Å². The molecule has 1 aliphatic carbocycles. The molecule has 1 saturated carbocycles. The summed E-state index contributed by atoms with van der Waals surface area (Å²) in [5.41, 5.74) is 1.81. The van der Waals surface area contributed by atoms with Crippen LogP contribution in [0.1, 0.15) is 12.0 Å². The van der Waals surface area contributed by atoms with E-state index >= 15 is 0 Å². The fourth-order valence-electron chi connectivity index (χ4n) is 2.57. The first-order chi connectivity index (χ1) is 9.36. The van der Waals surface area contributed by atoms with Crippen molar-refractivity contribution in [1.29, 1.82) is 0 Å². The van der Waals surface area contributed by atoms with Crippen molar-refractivity contribution in [2.24, 2.45) is 5.92 Å². The summed E-state index contributed by atoms with van der Waals surface area (Å²) >= 11 is 0. The zero-order valence-corrected chi connectivity index (χ0v) is 11.9. The molecule has 1 saturated heterocycles. The van der Waals surface area contributed by atoms with Crippen molar-refractivity contribution in [2.75, 3.05) is 29.5 Å². The van der Waals surface area contributed by atoms with Crippen LogP contribution in [-0.2, 0) is 6.42 Å². The van der Waals surface area contributed by atoms with Crippen LogP contribution in [-0.4, -0.2) is 39.6 Å². The van der Waals surface area contributed by atoms with Gasteiger partial charge >= 0.3 is 0 Å². The third kappa shape index (κ3) is 3.07. The number of anilines is 1. The van der Waals surface area contributed by atoms with Crippen molar-refractivity contribution >= 4 is 16.3 Å². The number of benzene rings is 1. The molecule has 111 valence electrons. The Morgan fingerprint density at radius 2 is 1.95 bits per heavy atom. The highest BCUT2D eigenvalue weighted by Crippen LogP contribution is 2.50. The Labute approximate surface area is 118 Å². The van der Waals surface area contributed by atoms with E-state index in [1.807, 2.05) is 12.1 Å². The van der Waals surface area contributed by atoms with E-state index in [2.05, 4.69) is 11.0 Å². The van der Waals surface area contributed by atoms with Crippen LogP contribution < -0.4 is 4.90 Å². The number of rotatable bonds is 3. The summed E-state index contributed by atoms with van der Waals surface area (Å²) in [5, 5.41) is 0. The second-order valence-electron chi connectivity index (χ2n) is 5.66. The van der Waals surface area contributed by atoms with Crippen LogP contribution >= 0.6 is 10.6 Å². The van der Waals surface area contributed by atoms with Gasteiger partial charge in [0, 0.05) is 31.1 Å². The van der Waals surface area contributed by atoms with Crippen molar-refractivity contribution in [3.63, 3.8) is 0 Å². The minimum absolute atomic E-state index is 0.0121. The zero-order valence-electron chi connectivity index (χ0n) is 11.1. The van der Waals surface area contributed by atoms with E-state index in [1.165, 1.54) is 0 Å². The predicted octanol–water partition coefficient (Wildman–Crippen LogP) is 3.26. The molecule has 1 aliphatic heterocycles. The number of alkyl halides is 2. The summed E-state index contributed by atoms with van der Waals surface area (Å²) in [6.45, 7) is 1.17. The minimum atomic E-state index is -2.49. The number of halogens is 2. The average molecular weight is 302 g/mol. The molecular weight excluding hydrogens is 284 g/mol.